The average Bonchev–Trinajstić information content (AvgIpc) is 3.18. The monoisotopic (exact) mass is 322 g/mol. The molecule has 0 saturated carbocycles. The first-order chi connectivity index (χ1) is 11.6. The molecule has 0 unspecified atom stereocenters. The van der Waals surface area contributed by atoms with E-state index in [1.165, 1.54) is 5.56 Å². The van der Waals surface area contributed by atoms with Crippen LogP contribution in [-0.2, 0) is 22.4 Å². The molecule has 0 radical (unpaired) electrons. The molecule has 124 valence electrons. The number of aromatic nitrogens is 1. The predicted molar refractivity (Wildman–Crippen MR) is 94.8 cm³/mol. The van der Waals surface area contributed by atoms with Crippen molar-refractivity contribution in [2.45, 2.75) is 33.1 Å². The van der Waals surface area contributed by atoms with E-state index in [-0.39, 0.29) is 5.97 Å². The third-order valence-electron chi connectivity index (χ3n) is 3.88. The molecule has 4 nitrogen and oxygen atoms in total. The summed E-state index contributed by atoms with van der Waals surface area (Å²) >= 11 is 0. The predicted octanol–water partition coefficient (Wildman–Crippen LogP) is 4.03. The van der Waals surface area contributed by atoms with Crippen LogP contribution in [-0.4, -0.2) is 16.9 Å². The van der Waals surface area contributed by atoms with Crippen molar-refractivity contribution in [2.24, 2.45) is 10.9 Å². The van der Waals surface area contributed by atoms with Gasteiger partial charge in [0.15, 0.2) is 0 Å². The van der Waals surface area contributed by atoms with E-state index in [4.69, 9.17) is 4.74 Å². The fraction of sp³-hybridized carbons (Fsp3) is 0.300. The fourth-order valence-electron chi connectivity index (χ4n) is 2.71. The number of nitrogens with zero attached hydrogens (tertiary/aromatic N) is 1. The summed E-state index contributed by atoms with van der Waals surface area (Å²) in [6, 6.07) is 12.1. The first-order valence-corrected chi connectivity index (χ1v) is 8.34. The molecule has 0 fully saturated rings. The van der Waals surface area contributed by atoms with Gasteiger partial charge in [0.1, 0.15) is 5.70 Å². The van der Waals surface area contributed by atoms with Crippen LogP contribution < -0.4 is 0 Å². The third kappa shape index (κ3) is 4.02. The largest absolute Gasteiger partial charge is 0.402 e. The topological polar surface area (TPSA) is 54.5 Å². The lowest BCUT2D eigenvalue weighted by Gasteiger charge is -2.05. The van der Waals surface area contributed by atoms with Gasteiger partial charge in [0, 0.05) is 17.5 Å². The minimum Gasteiger partial charge on any atom is -0.402 e. The zero-order chi connectivity index (χ0) is 16.9. The van der Waals surface area contributed by atoms with E-state index in [9.17, 15) is 4.79 Å². The van der Waals surface area contributed by atoms with E-state index in [1.807, 2.05) is 36.5 Å². The van der Waals surface area contributed by atoms with E-state index in [1.54, 1.807) is 0 Å². The summed E-state index contributed by atoms with van der Waals surface area (Å²) in [5, 5.41) is 0. The number of aliphatic imine (C=N–C) groups is 1. The van der Waals surface area contributed by atoms with Crippen LogP contribution in [0.2, 0.25) is 0 Å². The molecular weight excluding hydrogens is 300 g/mol. The van der Waals surface area contributed by atoms with Crippen molar-refractivity contribution in [3.63, 3.8) is 0 Å². The van der Waals surface area contributed by atoms with Gasteiger partial charge >= 0.3 is 5.97 Å². The van der Waals surface area contributed by atoms with Gasteiger partial charge in [-0.25, -0.2) is 9.79 Å². The summed E-state index contributed by atoms with van der Waals surface area (Å²) in [6.45, 7) is 4.39. The molecule has 0 atom stereocenters. The number of ether oxygens (including phenoxy) is 1. The van der Waals surface area contributed by atoms with Gasteiger partial charge in [0.2, 0.25) is 5.90 Å². The Kier molecular flexibility index (Phi) is 4.94. The Morgan fingerprint density at radius 2 is 2.00 bits per heavy atom. The van der Waals surface area contributed by atoms with Gasteiger partial charge in [-0.1, -0.05) is 32.1 Å². The summed E-state index contributed by atoms with van der Waals surface area (Å²) in [7, 11) is 0. The SMILES string of the molecule is CC(C)Cc1ccc(C2=N/C(=C/CCc3ccc[nH]3)C(=O)O2)cc1. The van der Waals surface area contributed by atoms with Gasteiger partial charge in [-0.15, -0.1) is 0 Å². The zero-order valence-electron chi connectivity index (χ0n) is 14.1. The maximum absolute atomic E-state index is 11.9. The molecule has 3 rings (SSSR count). The molecule has 1 aliphatic heterocycles. The maximum atomic E-state index is 11.9. The summed E-state index contributed by atoms with van der Waals surface area (Å²) in [6.07, 6.45) is 6.36. The highest BCUT2D eigenvalue weighted by atomic mass is 16.6. The Morgan fingerprint density at radius 1 is 1.21 bits per heavy atom. The number of hydrogen-bond donors (Lipinski definition) is 1. The molecule has 2 heterocycles. The van der Waals surface area contributed by atoms with Crippen LogP contribution in [0.3, 0.4) is 0 Å². The summed E-state index contributed by atoms with van der Waals surface area (Å²) < 4.78 is 5.30. The van der Waals surface area contributed by atoms with Gasteiger partial charge < -0.3 is 9.72 Å². The number of carbonyl (C=O) groups excluding carboxylic acids is 1. The van der Waals surface area contributed by atoms with Crippen molar-refractivity contribution in [1.29, 1.82) is 0 Å². The smallest absolute Gasteiger partial charge is 0.363 e. The number of carbonyl (C=O) groups is 1. The zero-order valence-corrected chi connectivity index (χ0v) is 14.1. The fourth-order valence-corrected chi connectivity index (χ4v) is 2.71. The molecule has 0 bridgehead atoms. The van der Waals surface area contributed by atoms with Gasteiger partial charge in [-0.2, -0.15) is 0 Å². The van der Waals surface area contributed by atoms with Crippen molar-refractivity contribution in [2.75, 3.05) is 0 Å². The van der Waals surface area contributed by atoms with Crippen LogP contribution in [0, 0.1) is 5.92 Å². The first kappa shape index (κ1) is 16.2. The Morgan fingerprint density at radius 3 is 2.67 bits per heavy atom. The number of nitrogens with one attached hydrogen (secondary N) is 1. The summed E-state index contributed by atoms with van der Waals surface area (Å²) in [5.41, 5.74) is 3.65. The van der Waals surface area contributed by atoms with Crippen molar-refractivity contribution in [3.8, 4) is 0 Å². The van der Waals surface area contributed by atoms with Crippen molar-refractivity contribution in [1.82, 2.24) is 4.98 Å². The lowest BCUT2D eigenvalue weighted by atomic mass is 10.0. The molecule has 0 amide bonds. The number of rotatable bonds is 6. The second kappa shape index (κ2) is 7.30. The Hall–Kier alpha value is -2.62. The molecule has 1 aromatic heterocycles. The second-order valence-corrected chi connectivity index (χ2v) is 6.42. The summed E-state index contributed by atoms with van der Waals surface area (Å²) in [5.74, 6) is 0.636. The Labute approximate surface area is 142 Å². The van der Waals surface area contributed by atoms with E-state index in [0.717, 1.165) is 30.5 Å². The number of cyclic esters (lactones) is 1. The van der Waals surface area contributed by atoms with E-state index >= 15 is 0 Å². The number of H-pyrrole nitrogens is 1. The van der Waals surface area contributed by atoms with Crippen LogP contribution in [0.15, 0.2) is 59.4 Å². The third-order valence-corrected chi connectivity index (χ3v) is 3.88. The van der Waals surface area contributed by atoms with Gasteiger partial charge in [0.05, 0.1) is 0 Å². The average molecular weight is 322 g/mol. The number of allylic oxidation sites excluding steroid dienone is 1. The standard InChI is InChI=1S/C20H22N2O2/c1-14(2)13-15-8-10-16(11-9-15)19-22-18(20(23)24-19)7-3-5-17-6-4-12-21-17/h4,6-12,14,21H,3,5,13H2,1-2H3/b18-7+. The lowest BCUT2D eigenvalue weighted by Crippen LogP contribution is -2.05. The molecule has 2 aromatic rings. The van der Waals surface area contributed by atoms with E-state index < -0.39 is 0 Å². The van der Waals surface area contributed by atoms with Crippen molar-refractivity contribution >= 4 is 11.9 Å². The normalized spacial score (nSPS) is 15.9. The molecule has 0 saturated heterocycles. The Balaban J connectivity index is 1.66. The number of esters is 1. The molecule has 4 heteroatoms. The minimum atomic E-state index is -0.372. The van der Waals surface area contributed by atoms with Crippen LogP contribution >= 0.6 is 0 Å². The number of hydrogen-bond acceptors (Lipinski definition) is 3. The van der Waals surface area contributed by atoms with Crippen LogP contribution in [0.25, 0.3) is 0 Å². The number of aromatic amines is 1. The number of benzene rings is 1. The van der Waals surface area contributed by atoms with Crippen LogP contribution in [0.5, 0.6) is 0 Å². The quantitative estimate of drug-likeness (QED) is 0.645. The van der Waals surface area contributed by atoms with Crippen LogP contribution in [0.4, 0.5) is 0 Å². The highest BCUT2D eigenvalue weighted by molar-refractivity contribution is 6.11. The van der Waals surface area contributed by atoms with Gasteiger partial charge in [-0.3, -0.25) is 0 Å². The van der Waals surface area contributed by atoms with Crippen LogP contribution in [0.1, 0.15) is 37.1 Å². The highest BCUT2D eigenvalue weighted by Gasteiger charge is 2.23. The molecular formula is C20H22N2O2. The molecule has 0 spiro atoms. The van der Waals surface area contributed by atoms with Gasteiger partial charge in [-0.05, 0) is 55.0 Å². The maximum Gasteiger partial charge on any atom is 0.363 e. The van der Waals surface area contributed by atoms with E-state index in [0.29, 0.717) is 17.5 Å². The van der Waals surface area contributed by atoms with Crippen molar-refractivity contribution < 1.29 is 9.53 Å². The van der Waals surface area contributed by atoms with Crippen molar-refractivity contribution in [3.05, 3.63) is 71.2 Å². The molecule has 0 aliphatic carbocycles. The molecule has 1 aliphatic rings. The van der Waals surface area contributed by atoms with Gasteiger partial charge in [0.25, 0.3) is 0 Å². The first-order valence-electron chi connectivity index (χ1n) is 8.34. The molecule has 1 aromatic carbocycles. The molecule has 1 N–H and O–H groups in total. The van der Waals surface area contributed by atoms with E-state index in [2.05, 4.69) is 36.0 Å². The lowest BCUT2D eigenvalue weighted by molar-refractivity contribution is -0.130. The minimum absolute atomic E-state index is 0.372. The molecule has 24 heavy (non-hydrogen) atoms. The Bertz CT molecular complexity index is 753. The number of aryl methyl sites for hydroxylation is 1. The second-order valence-electron chi connectivity index (χ2n) is 6.42. The highest BCUT2D eigenvalue weighted by Crippen LogP contribution is 2.18. The summed E-state index contributed by atoms with van der Waals surface area (Å²) in [4.78, 5) is 19.4.